The Kier molecular flexibility index (Phi) is 4.05. The summed E-state index contributed by atoms with van der Waals surface area (Å²) in [6.45, 7) is 5.08. The van der Waals surface area contributed by atoms with Crippen molar-refractivity contribution in [2.24, 2.45) is 0 Å². The number of methoxy groups -OCH3 is 1. The summed E-state index contributed by atoms with van der Waals surface area (Å²) < 4.78 is 6.35. The molecular weight excluding hydrogens is 324 g/mol. The molecule has 128 valence electrons. The third kappa shape index (κ3) is 2.61. The van der Waals surface area contributed by atoms with E-state index in [1.165, 1.54) is 10.3 Å². The molecule has 2 atom stereocenters. The van der Waals surface area contributed by atoms with Crippen LogP contribution in [0.1, 0.15) is 12.0 Å². The average molecular weight is 346 g/mol. The largest absolute Gasteiger partial charge is 0.383 e. The molecule has 0 saturated carbocycles. The van der Waals surface area contributed by atoms with E-state index in [2.05, 4.69) is 35.3 Å². The Labute approximate surface area is 145 Å². The maximum absolute atomic E-state index is 12.2. The number of anilines is 1. The molecule has 3 heterocycles. The highest BCUT2D eigenvalue weighted by molar-refractivity contribution is 7.22. The van der Waals surface area contributed by atoms with Gasteiger partial charge in [-0.15, -0.1) is 0 Å². The lowest BCUT2D eigenvalue weighted by Crippen LogP contribution is -2.51. The molecule has 0 bridgehead atoms. The van der Waals surface area contributed by atoms with E-state index in [0.29, 0.717) is 13.2 Å². The molecule has 0 spiro atoms. The fourth-order valence-corrected chi connectivity index (χ4v) is 4.77. The van der Waals surface area contributed by atoms with Gasteiger partial charge in [-0.2, -0.15) is 0 Å². The van der Waals surface area contributed by atoms with E-state index < -0.39 is 0 Å². The van der Waals surface area contributed by atoms with Crippen LogP contribution in [0.25, 0.3) is 10.2 Å². The van der Waals surface area contributed by atoms with Crippen molar-refractivity contribution >= 4 is 32.7 Å². The Balaban J connectivity index is 1.52. The maximum Gasteiger partial charge on any atom is 0.318 e. The number of nitrogens with one attached hydrogen (secondary N) is 1. The standard InChI is InChI=1S/C17H22N4O2S/c1-11-4-3-5-14-15(11)19-17(24-14)20-7-6-13-12(10-20)18-16(22)21(13)8-9-23-2/h3-5,12-13H,6-10H2,1-2H3,(H,18,22)/t12-,13+/m0/s1. The second-order valence-electron chi connectivity index (χ2n) is 6.46. The highest BCUT2D eigenvalue weighted by Gasteiger charge is 2.42. The first-order valence-corrected chi connectivity index (χ1v) is 9.16. The fourth-order valence-electron chi connectivity index (χ4n) is 3.69. The molecule has 24 heavy (non-hydrogen) atoms. The molecule has 2 saturated heterocycles. The molecule has 1 aromatic carbocycles. The molecule has 2 aromatic rings. The molecule has 2 fully saturated rings. The second kappa shape index (κ2) is 6.22. The second-order valence-corrected chi connectivity index (χ2v) is 7.47. The first kappa shape index (κ1) is 15.7. The lowest BCUT2D eigenvalue weighted by atomic mass is 10.0. The first-order valence-electron chi connectivity index (χ1n) is 8.34. The number of ether oxygens (including phenoxy) is 1. The Morgan fingerprint density at radius 1 is 1.46 bits per heavy atom. The van der Waals surface area contributed by atoms with Crippen LogP contribution >= 0.6 is 11.3 Å². The van der Waals surface area contributed by atoms with Gasteiger partial charge < -0.3 is 19.9 Å². The predicted molar refractivity (Wildman–Crippen MR) is 95.9 cm³/mol. The zero-order valence-corrected chi connectivity index (χ0v) is 14.8. The number of para-hydroxylation sites is 1. The van der Waals surface area contributed by atoms with Crippen molar-refractivity contribution in [3.8, 4) is 0 Å². The van der Waals surface area contributed by atoms with Crippen molar-refractivity contribution in [3.63, 3.8) is 0 Å². The van der Waals surface area contributed by atoms with Crippen LogP contribution in [0, 0.1) is 6.92 Å². The monoisotopic (exact) mass is 346 g/mol. The molecule has 2 amide bonds. The van der Waals surface area contributed by atoms with E-state index in [0.717, 1.165) is 30.2 Å². The number of thiazole rings is 1. The van der Waals surface area contributed by atoms with E-state index in [-0.39, 0.29) is 18.1 Å². The van der Waals surface area contributed by atoms with Crippen LogP contribution in [0.15, 0.2) is 18.2 Å². The van der Waals surface area contributed by atoms with E-state index in [4.69, 9.17) is 9.72 Å². The number of urea groups is 1. The van der Waals surface area contributed by atoms with Crippen LogP contribution in [0.4, 0.5) is 9.93 Å². The molecular formula is C17H22N4O2S. The molecule has 0 radical (unpaired) electrons. The average Bonchev–Trinajstić information content (AvgIpc) is 3.14. The van der Waals surface area contributed by atoms with E-state index >= 15 is 0 Å². The van der Waals surface area contributed by atoms with Gasteiger partial charge in [0.25, 0.3) is 0 Å². The third-order valence-corrected chi connectivity index (χ3v) is 6.04. The van der Waals surface area contributed by atoms with Crippen LogP contribution in [0.5, 0.6) is 0 Å². The smallest absolute Gasteiger partial charge is 0.318 e. The van der Waals surface area contributed by atoms with E-state index in [1.807, 2.05) is 4.90 Å². The van der Waals surface area contributed by atoms with Gasteiger partial charge in [0.1, 0.15) is 0 Å². The highest BCUT2D eigenvalue weighted by Crippen LogP contribution is 2.33. The molecule has 1 N–H and O–H groups in total. The minimum absolute atomic E-state index is 0.0315. The highest BCUT2D eigenvalue weighted by atomic mass is 32.1. The number of rotatable bonds is 4. The lowest BCUT2D eigenvalue weighted by molar-refractivity contribution is 0.140. The first-order chi connectivity index (χ1) is 11.7. The normalized spacial score (nSPS) is 23.7. The number of carbonyl (C=O) groups is 1. The predicted octanol–water partition coefficient (Wildman–Crippen LogP) is 2.22. The van der Waals surface area contributed by atoms with E-state index in [1.54, 1.807) is 18.4 Å². The number of fused-ring (bicyclic) bond motifs is 2. The van der Waals surface area contributed by atoms with Gasteiger partial charge in [-0.3, -0.25) is 0 Å². The van der Waals surface area contributed by atoms with Crippen molar-refractivity contribution in [2.75, 3.05) is 38.3 Å². The number of hydrogen-bond donors (Lipinski definition) is 1. The van der Waals surface area contributed by atoms with Gasteiger partial charge in [-0.25, -0.2) is 9.78 Å². The summed E-state index contributed by atoms with van der Waals surface area (Å²) in [6.07, 6.45) is 0.960. The summed E-state index contributed by atoms with van der Waals surface area (Å²) in [5.74, 6) is 0. The van der Waals surface area contributed by atoms with Crippen LogP contribution in [0.3, 0.4) is 0 Å². The number of nitrogens with zero attached hydrogens (tertiary/aromatic N) is 3. The summed E-state index contributed by atoms with van der Waals surface area (Å²) in [6, 6.07) is 6.76. The summed E-state index contributed by atoms with van der Waals surface area (Å²) in [4.78, 5) is 21.3. The van der Waals surface area contributed by atoms with Crippen LogP contribution in [-0.2, 0) is 4.74 Å². The van der Waals surface area contributed by atoms with E-state index in [9.17, 15) is 4.79 Å². The summed E-state index contributed by atoms with van der Waals surface area (Å²) >= 11 is 1.74. The van der Waals surface area contributed by atoms with Crippen LogP contribution in [-0.4, -0.2) is 61.3 Å². The van der Waals surface area contributed by atoms with Crippen molar-refractivity contribution < 1.29 is 9.53 Å². The lowest BCUT2D eigenvalue weighted by Gasteiger charge is -2.36. The Morgan fingerprint density at radius 2 is 2.33 bits per heavy atom. The quantitative estimate of drug-likeness (QED) is 0.922. The van der Waals surface area contributed by atoms with Gasteiger partial charge in [-0.1, -0.05) is 23.5 Å². The van der Waals surface area contributed by atoms with Crippen molar-refractivity contribution in [1.82, 2.24) is 15.2 Å². The van der Waals surface area contributed by atoms with Gasteiger partial charge in [0.2, 0.25) is 0 Å². The van der Waals surface area contributed by atoms with Gasteiger partial charge in [-0.05, 0) is 25.0 Å². The van der Waals surface area contributed by atoms with Crippen molar-refractivity contribution in [1.29, 1.82) is 0 Å². The fraction of sp³-hybridized carbons (Fsp3) is 0.529. The number of hydrogen-bond acceptors (Lipinski definition) is 5. The van der Waals surface area contributed by atoms with Gasteiger partial charge >= 0.3 is 6.03 Å². The number of benzene rings is 1. The Morgan fingerprint density at radius 3 is 3.12 bits per heavy atom. The molecule has 6 nitrogen and oxygen atoms in total. The molecule has 1 aromatic heterocycles. The number of carbonyl (C=O) groups excluding carboxylic acids is 1. The van der Waals surface area contributed by atoms with Gasteiger partial charge in [0, 0.05) is 26.7 Å². The zero-order valence-electron chi connectivity index (χ0n) is 14.0. The summed E-state index contributed by atoms with van der Waals surface area (Å²) in [7, 11) is 1.67. The molecule has 4 rings (SSSR count). The number of amides is 2. The molecule has 7 heteroatoms. The molecule has 2 aliphatic rings. The summed E-state index contributed by atoms with van der Waals surface area (Å²) in [5, 5.41) is 4.18. The summed E-state index contributed by atoms with van der Waals surface area (Å²) in [5.41, 5.74) is 2.31. The number of aromatic nitrogens is 1. The number of aryl methyl sites for hydroxylation is 1. The third-order valence-electron chi connectivity index (χ3n) is 4.96. The van der Waals surface area contributed by atoms with Gasteiger partial charge in [0.05, 0.1) is 28.9 Å². The minimum atomic E-state index is 0.0315. The minimum Gasteiger partial charge on any atom is -0.383 e. The molecule has 0 aliphatic carbocycles. The van der Waals surface area contributed by atoms with Gasteiger partial charge in [0.15, 0.2) is 5.13 Å². The van der Waals surface area contributed by atoms with Crippen molar-refractivity contribution in [2.45, 2.75) is 25.4 Å². The van der Waals surface area contributed by atoms with Crippen LogP contribution < -0.4 is 10.2 Å². The van der Waals surface area contributed by atoms with Crippen molar-refractivity contribution in [3.05, 3.63) is 23.8 Å². The maximum atomic E-state index is 12.2. The van der Waals surface area contributed by atoms with Crippen LogP contribution in [0.2, 0.25) is 0 Å². The molecule has 0 unspecified atom stereocenters. The number of piperidine rings is 1. The topological polar surface area (TPSA) is 57.7 Å². The Hall–Kier alpha value is -1.86. The zero-order chi connectivity index (χ0) is 16.7. The molecule has 2 aliphatic heterocycles. The Bertz CT molecular complexity index is 762. The SMILES string of the molecule is COCCN1C(=O)N[C@H]2CN(c3nc4c(C)cccc4s3)CC[C@H]21.